The zero-order chi connectivity index (χ0) is 15.2. The number of H-pyrrole nitrogens is 1. The van der Waals surface area contributed by atoms with Crippen LogP contribution in [0.15, 0.2) is 42.9 Å². The molecule has 1 aromatic carbocycles. The third-order valence-corrected chi connectivity index (χ3v) is 4.24. The summed E-state index contributed by atoms with van der Waals surface area (Å²) in [6.45, 7) is 2.71. The fraction of sp³-hybridized carbons (Fsp3) is 0.188. The Morgan fingerprint density at radius 1 is 1.17 bits per heavy atom. The maximum atomic E-state index is 4.71. The average molecular weight is 305 g/mol. The number of benzene rings is 1. The summed E-state index contributed by atoms with van der Waals surface area (Å²) in [5.41, 5.74) is 4.18. The summed E-state index contributed by atoms with van der Waals surface area (Å²) in [6.07, 6.45) is 5.61. The van der Waals surface area contributed by atoms with E-state index in [0.717, 1.165) is 47.7 Å². The molecule has 1 aliphatic rings. The SMILES string of the molecule is c1cn(-c2ccc3[nH]ncc3c2)c(-c2cc3n(n2)CCNC3)n1. The molecule has 0 radical (unpaired) electrons. The van der Waals surface area contributed by atoms with E-state index >= 15 is 0 Å². The molecule has 0 spiro atoms. The summed E-state index contributed by atoms with van der Waals surface area (Å²) in [6, 6.07) is 8.30. The van der Waals surface area contributed by atoms with E-state index in [9.17, 15) is 0 Å². The van der Waals surface area contributed by atoms with Crippen LogP contribution in [0.5, 0.6) is 0 Å². The van der Waals surface area contributed by atoms with Gasteiger partial charge in [-0.1, -0.05) is 0 Å². The summed E-state index contributed by atoms with van der Waals surface area (Å²) >= 11 is 0. The molecule has 5 rings (SSSR count). The van der Waals surface area contributed by atoms with E-state index in [2.05, 4.69) is 47.9 Å². The number of nitrogens with one attached hydrogen (secondary N) is 2. The third-order valence-electron chi connectivity index (χ3n) is 4.24. The molecular weight excluding hydrogens is 290 g/mol. The van der Waals surface area contributed by atoms with Crippen molar-refractivity contribution >= 4 is 10.9 Å². The Hall–Kier alpha value is -2.93. The van der Waals surface area contributed by atoms with Crippen molar-refractivity contribution in [2.75, 3.05) is 6.54 Å². The smallest absolute Gasteiger partial charge is 0.165 e. The van der Waals surface area contributed by atoms with Crippen molar-refractivity contribution in [1.29, 1.82) is 0 Å². The van der Waals surface area contributed by atoms with Crippen molar-refractivity contribution in [3.8, 4) is 17.2 Å². The quantitative estimate of drug-likeness (QED) is 0.591. The molecule has 0 amide bonds. The summed E-state index contributed by atoms with van der Waals surface area (Å²) in [7, 11) is 0. The van der Waals surface area contributed by atoms with E-state index in [1.807, 2.05) is 24.7 Å². The molecule has 0 bridgehead atoms. The molecule has 3 aromatic heterocycles. The topological polar surface area (TPSA) is 76.3 Å². The van der Waals surface area contributed by atoms with Gasteiger partial charge in [0.25, 0.3) is 0 Å². The van der Waals surface area contributed by atoms with Crippen LogP contribution in [0.25, 0.3) is 28.1 Å². The highest BCUT2D eigenvalue weighted by Gasteiger charge is 2.16. The van der Waals surface area contributed by atoms with Gasteiger partial charge in [0.15, 0.2) is 5.82 Å². The average Bonchev–Trinajstić information content (AvgIpc) is 3.31. The van der Waals surface area contributed by atoms with Crippen LogP contribution in [-0.4, -0.2) is 36.1 Å². The predicted molar refractivity (Wildman–Crippen MR) is 86.1 cm³/mol. The third kappa shape index (κ3) is 1.97. The summed E-state index contributed by atoms with van der Waals surface area (Å²) in [5, 5.41) is 16.2. The zero-order valence-electron chi connectivity index (χ0n) is 12.4. The van der Waals surface area contributed by atoms with E-state index < -0.39 is 0 Å². The number of nitrogens with zero attached hydrogens (tertiary/aromatic N) is 5. The first-order chi connectivity index (χ1) is 11.4. The van der Waals surface area contributed by atoms with Crippen molar-refractivity contribution in [2.45, 2.75) is 13.1 Å². The van der Waals surface area contributed by atoms with Gasteiger partial charge in [0.05, 0.1) is 24.0 Å². The molecule has 114 valence electrons. The van der Waals surface area contributed by atoms with Gasteiger partial charge in [-0.15, -0.1) is 0 Å². The minimum Gasteiger partial charge on any atom is -0.309 e. The molecule has 0 unspecified atom stereocenters. The van der Waals surface area contributed by atoms with Crippen LogP contribution in [-0.2, 0) is 13.1 Å². The molecule has 23 heavy (non-hydrogen) atoms. The normalized spacial score (nSPS) is 14.3. The Morgan fingerprint density at radius 2 is 2.17 bits per heavy atom. The Morgan fingerprint density at radius 3 is 3.13 bits per heavy atom. The molecule has 0 saturated carbocycles. The van der Waals surface area contributed by atoms with Crippen molar-refractivity contribution < 1.29 is 0 Å². The lowest BCUT2D eigenvalue weighted by Gasteiger charge is -2.13. The molecule has 2 N–H and O–H groups in total. The van der Waals surface area contributed by atoms with E-state index in [-0.39, 0.29) is 0 Å². The molecule has 0 aliphatic carbocycles. The number of imidazole rings is 1. The van der Waals surface area contributed by atoms with Crippen LogP contribution in [0.3, 0.4) is 0 Å². The minimum absolute atomic E-state index is 0.856. The largest absolute Gasteiger partial charge is 0.309 e. The van der Waals surface area contributed by atoms with Crippen LogP contribution in [0.1, 0.15) is 5.69 Å². The van der Waals surface area contributed by atoms with Crippen molar-refractivity contribution in [1.82, 2.24) is 34.8 Å². The molecule has 4 aromatic rings. The molecule has 0 atom stereocenters. The number of fused-ring (bicyclic) bond motifs is 2. The van der Waals surface area contributed by atoms with Crippen LogP contribution < -0.4 is 5.32 Å². The number of hydrogen-bond donors (Lipinski definition) is 2. The molecule has 7 heteroatoms. The maximum Gasteiger partial charge on any atom is 0.165 e. The van der Waals surface area contributed by atoms with Gasteiger partial charge in [-0.25, -0.2) is 4.98 Å². The lowest BCUT2D eigenvalue weighted by atomic mass is 10.2. The van der Waals surface area contributed by atoms with Gasteiger partial charge in [-0.2, -0.15) is 10.2 Å². The first-order valence-electron chi connectivity index (χ1n) is 7.63. The molecule has 1 aliphatic heterocycles. The number of rotatable bonds is 2. The van der Waals surface area contributed by atoms with E-state index in [1.165, 1.54) is 5.69 Å². The summed E-state index contributed by atoms with van der Waals surface area (Å²) < 4.78 is 4.12. The standard InChI is InChI=1S/C16H15N7/c1-2-14-11(9-19-20-14)7-12(1)22-5-4-18-16(22)15-8-13-10-17-3-6-23(13)21-15/h1-2,4-5,7-9,17H,3,6,10H2,(H,19,20). The highest BCUT2D eigenvalue weighted by atomic mass is 15.3. The Balaban J connectivity index is 1.62. The molecule has 0 saturated heterocycles. The molecular formula is C16H15N7. The van der Waals surface area contributed by atoms with Gasteiger partial charge < -0.3 is 5.32 Å². The van der Waals surface area contributed by atoms with Crippen LogP contribution in [0, 0.1) is 0 Å². The van der Waals surface area contributed by atoms with Gasteiger partial charge in [0, 0.05) is 36.6 Å². The lowest BCUT2D eigenvalue weighted by molar-refractivity contribution is 0.476. The lowest BCUT2D eigenvalue weighted by Crippen LogP contribution is -2.28. The van der Waals surface area contributed by atoms with E-state index in [1.54, 1.807) is 0 Å². The second kappa shape index (κ2) is 4.79. The molecule has 0 fully saturated rings. The van der Waals surface area contributed by atoms with Crippen molar-refractivity contribution in [2.24, 2.45) is 0 Å². The fourth-order valence-corrected chi connectivity index (χ4v) is 3.08. The van der Waals surface area contributed by atoms with Gasteiger partial charge >= 0.3 is 0 Å². The van der Waals surface area contributed by atoms with Crippen LogP contribution >= 0.6 is 0 Å². The van der Waals surface area contributed by atoms with Gasteiger partial charge in [0.1, 0.15) is 5.69 Å². The van der Waals surface area contributed by atoms with Crippen molar-refractivity contribution in [3.63, 3.8) is 0 Å². The first kappa shape index (κ1) is 12.6. The zero-order valence-corrected chi connectivity index (χ0v) is 12.4. The van der Waals surface area contributed by atoms with Gasteiger partial charge in [-0.3, -0.25) is 14.3 Å². The van der Waals surface area contributed by atoms with Crippen molar-refractivity contribution in [3.05, 3.63) is 48.5 Å². The van der Waals surface area contributed by atoms with Gasteiger partial charge in [-0.05, 0) is 24.3 Å². The monoisotopic (exact) mass is 305 g/mol. The highest BCUT2D eigenvalue weighted by Crippen LogP contribution is 2.24. The Bertz CT molecular complexity index is 967. The van der Waals surface area contributed by atoms with E-state index in [0.29, 0.717) is 0 Å². The van der Waals surface area contributed by atoms with Gasteiger partial charge in [0.2, 0.25) is 0 Å². The van der Waals surface area contributed by atoms with Crippen LogP contribution in [0.4, 0.5) is 0 Å². The second-order valence-electron chi connectivity index (χ2n) is 5.68. The first-order valence-corrected chi connectivity index (χ1v) is 7.63. The number of aromatic nitrogens is 6. The maximum absolute atomic E-state index is 4.71. The van der Waals surface area contributed by atoms with Crippen LogP contribution in [0.2, 0.25) is 0 Å². The Labute approximate surface area is 132 Å². The minimum atomic E-state index is 0.856. The predicted octanol–water partition coefficient (Wildman–Crippen LogP) is 1.72. The summed E-state index contributed by atoms with van der Waals surface area (Å²) in [5.74, 6) is 0.856. The second-order valence-corrected chi connectivity index (χ2v) is 5.68. The van der Waals surface area contributed by atoms with E-state index in [4.69, 9.17) is 5.10 Å². The summed E-state index contributed by atoms with van der Waals surface area (Å²) in [4.78, 5) is 4.52. The molecule has 4 heterocycles. The number of hydrogen-bond acceptors (Lipinski definition) is 4. The number of aromatic amines is 1. The highest BCUT2D eigenvalue weighted by molar-refractivity contribution is 5.80. The Kier molecular flexibility index (Phi) is 2.62. The fourth-order valence-electron chi connectivity index (χ4n) is 3.08. The molecule has 7 nitrogen and oxygen atoms in total.